The summed E-state index contributed by atoms with van der Waals surface area (Å²) in [6, 6.07) is 0. The van der Waals surface area contributed by atoms with E-state index in [-0.39, 0.29) is 5.97 Å². The van der Waals surface area contributed by atoms with Crippen molar-refractivity contribution in [2.45, 2.75) is 27.2 Å². The average Bonchev–Trinajstić information content (AvgIpc) is 2.10. The summed E-state index contributed by atoms with van der Waals surface area (Å²) in [5, 5.41) is 0. The van der Waals surface area contributed by atoms with Crippen molar-refractivity contribution >= 4 is 5.97 Å². The number of esters is 1. The molecule has 2 nitrogen and oxygen atoms in total. The fourth-order valence-electron chi connectivity index (χ4n) is 0.836. The molecule has 0 saturated heterocycles. The van der Waals surface area contributed by atoms with Gasteiger partial charge >= 0.3 is 5.97 Å². The van der Waals surface area contributed by atoms with Gasteiger partial charge in [-0.2, -0.15) is 0 Å². The molecule has 0 N–H and O–H groups in total. The molecule has 0 unspecified atom stereocenters. The molecule has 0 amide bonds. The van der Waals surface area contributed by atoms with Crippen LogP contribution in [0.25, 0.3) is 0 Å². The van der Waals surface area contributed by atoms with Crippen molar-refractivity contribution in [2.24, 2.45) is 5.92 Å². The third-order valence-electron chi connectivity index (χ3n) is 1.59. The summed E-state index contributed by atoms with van der Waals surface area (Å²) in [6.07, 6.45) is 4.31. The van der Waals surface area contributed by atoms with Gasteiger partial charge in [-0.15, -0.1) is 0 Å². The van der Waals surface area contributed by atoms with Gasteiger partial charge in [0.05, 0.1) is 0 Å². The molecular formula is C12H18O2. The predicted molar refractivity (Wildman–Crippen MR) is 58.6 cm³/mol. The minimum Gasteiger partial charge on any atom is -0.426 e. The van der Waals surface area contributed by atoms with Crippen LogP contribution in [0.4, 0.5) is 0 Å². The number of carbonyl (C=O) groups is 1. The third kappa shape index (κ3) is 5.36. The van der Waals surface area contributed by atoms with Crippen LogP contribution < -0.4 is 0 Å². The highest BCUT2D eigenvalue weighted by molar-refractivity contribution is 5.68. The maximum absolute atomic E-state index is 10.8. The van der Waals surface area contributed by atoms with Gasteiger partial charge in [0.25, 0.3) is 0 Å². The van der Waals surface area contributed by atoms with Crippen LogP contribution in [0.15, 0.2) is 36.6 Å². The Kier molecular flexibility index (Phi) is 5.61. The molecule has 0 fully saturated rings. The number of hydrogen-bond acceptors (Lipinski definition) is 2. The lowest BCUT2D eigenvalue weighted by atomic mass is 10.1. The fraction of sp³-hybridized carbons (Fsp3) is 0.417. The number of allylic oxidation sites excluding steroid dienone is 2. The summed E-state index contributed by atoms with van der Waals surface area (Å²) < 4.78 is 5.00. The Bertz CT molecular complexity index is 259. The van der Waals surface area contributed by atoms with Gasteiger partial charge < -0.3 is 4.74 Å². The monoisotopic (exact) mass is 194 g/mol. The number of hydrogen-bond donors (Lipinski definition) is 0. The largest absolute Gasteiger partial charge is 0.426 e. The molecular weight excluding hydrogens is 176 g/mol. The molecule has 0 bridgehead atoms. The summed E-state index contributed by atoms with van der Waals surface area (Å²) in [7, 11) is 0. The van der Waals surface area contributed by atoms with Gasteiger partial charge in [0, 0.05) is 12.5 Å². The molecule has 78 valence electrons. The summed E-state index contributed by atoms with van der Waals surface area (Å²) in [6.45, 7) is 12.9. The first-order valence-electron chi connectivity index (χ1n) is 4.67. The molecule has 0 aliphatic carbocycles. The van der Waals surface area contributed by atoms with E-state index in [2.05, 4.69) is 27.0 Å². The van der Waals surface area contributed by atoms with Gasteiger partial charge in [0.15, 0.2) is 0 Å². The van der Waals surface area contributed by atoms with Gasteiger partial charge in [-0.25, -0.2) is 0 Å². The molecule has 0 spiro atoms. The molecule has 2 heteroatoms. The Morgan fingerprint density at radius 1 is 1.50 bits per heavy atom. The van der Waals surface area contributed by atoms with Crippen molar-refractivity contribution in [3.05, 3.63) is 36.6 Å². The van der Waals surface area contributed by atoms with Crippen molar-refractivity contribution in [3.63, 3.8) is 0 Å². The second-order valence-electron chi connectivity index (χ2n) is 3.52. The van der Waals surface area contributed by atoms with Crippen molar-refractivity contribution in [3.8, 4) is 0 Å². The van der Waals surface area contributed by atoms with Crippen LogP contribution in [-0.2, 0) is 9.53 Å². The van der Waals surface area contributed by atoms with Crippen LogP contribution in [0.1, 0.15) is 27.2 Å². The normalized spacial score (nSPS) is 11.3. The number of ether oxygens (including phenoxy) is 1. The van der Waals surface area contributed by atoms with E-state index in [1.54, 1.807) is 6.08 Å². The lowest BCUT2D eigenvalue weighted by Gasteiger charge is -2.07. The van der Waals surface area contributed by atoms with Crippen molar-refractivity contribution < 1.29 is 9.53 Å². The zero-order valence-electron chi connectivity index (χ0n) is 9.17. The van der Waals surface area contributed by atoms with Gasteiger partial charge in [-0.1, -0.05) is 33.1 Å². The second-order valence-corrected chi connectivity index (χ2v) is 3.52. The summed E-state index contributed by atoms with van der Waals surface area (Å²) in [5.74, 6) is 0.711. The Hall–Kier alpha value is -1.31. The fourth-order valence-corrected chi connectivity index (χ4v) is 0.836. The van der Waals surface area contributed by atoms with Gasteiger partial charge in [-0.05, 0) is 18.4 Å². The van der Waals surface area contributed by atoms with E-state index in [0.29, 0.717) is 17.3 Å². The van der Waals surface area contributed by atoms with Gasteiger partial charge in [0.2, 0.25) is 0 Å². The number of carbonyl (C=O) groups excluding carboxylic acids is 1. The highest BCUT2D eigenvalue weighted by Crippen LogP contribution is 2.14. The molecule has 0 aromatic carbocycles. The van der Waals surface area contributed by atoms with Crippen LogP contribution in [-0.4, -0.2) is 5.97 Å². The van der Waals surface area contributed by atoms with E-state index in [1.807, 2.05) is 6.08 Å². The lowest BCUT2D eigenvalue weighted by Crippen LogP contribution is -2.00. The second kappa shape index (κ2) is 6.19. The zero-order chi connectivity index (χ0) is 11.1. The standard InChI is InChI=1S/C12H18O2/c1-6-10(4)12(14-11(5)13)8-7-9(2)3/h6,8-9H,1,4,7H2,2-3,5H3/b12-8+. The number of rotatable bonds is 5. The molecule has 0 aliphatic rings. The summed E-state index contributed by atoms with van der Waals surface area (Å²) in [5.41, 5.74) is 0.640. The predicted octanol–water partition coefficient (Wildman–Crippen LogP) is 3.22. The quantitative estimate of drug-likeness (QED) is 0.381. The maximum atomic E-state index is 10.8. The van der Waals surface area contributed by atoms with Crippen LogP contribution in [0.5, 0.6) is 0 Å². The zero-order valence-corrected chi connectivity index (χ0v) is 9.17. The maximum Gasteiger partial charge on any atom is 0.308 e. The van der Waals surface area contributed by atoms with E-state index in [9.17, 15) is 4.79 Å². The minimum atomic E-state index is -0.331. The van der Waals surface area contributed by atoms with E-state index >= 15 is 0 Å². The molecule has 14 heavy (non-hydrogen) atoms. The first-order chi connectivity index (χ1) is 6.47. The topological polar surface area (TPSA) is 26.3 Å². The summed E-state index contributed by atoms with van der Waals surface area (Å²) >= 11 is 0. The van der Waals surface area contributed by atoms with Gasteiger partial charge in [-0.3, -0.25) is 4.79 Å². The third-order valence-corrected chi connectivity index (χ3v) is 1.59. The average molecular weight is 194 g/mol. The Morgan fingerprint density at radius 2 is 2.07 bits per heavy atom. The van der Waals surface area contributed by atoms with Crippen LogP contribution >= 0.6 is 0 Å². The molecule has 0 aromatic heterocycles. The minimum absolute atomic E-state index is 0.331. The Morgan fingerprint density at radius 3 is 2.43 bits per heavy atom. The van der Waals surface area contributed by atoms with Crippen molar-refractivity contribution in [2.75, 3.05) is 0 Å². The van der Waals surface area contributed by atoms with E-state index in [4.69, 9.17) is 4.74 Å². The first kappa shape index (κ1) is 12.7. The van der Waals surface area contributed by atoms with E-state index in [0.717, 1.165) is 6.42 Å². The van der Waals surface area contributed by atoms with Crippen molar-refractivity contribution in [1.29, 1.82) is 0 Å². The molecule has 0 aromatic rings. The Balaban J connectivity index is 4.53. The molecule has 0 saturated carbocycles. The molecule has 0 aliphatic heterocycles. The highest BCUT2D eigenvalue weighted by Gasteiger charge is 2.04. The molecule has 0 atom stereocenters. The molecule has 0 heterocycles. The van der Waals surface area contributed by atoms with Crippen LogP contribution in [0, 0.1) is 5.92 Å². The smallest absolute Gasteiger partial charge is 0.308 e. The Labute approximate surface area is 86.0 Å². The van der Waals surface area contributed by atoms with E-state index in [1.165, 1.54) is 6.92 Å². The van der Waals surface area contributed by atoms with Crippen LogP contribution in [0.3, 0.4) is 0 Å². The highest BCUT2D eigenvalue weighted by atomic mass is 16.5. The lowest BCUT2D eigenvalue weighted by molar-refractivity contribution is -0.136. The molecule has 0 radical (unpaired) electrons. The van der Waals surface area contributed by atoms with Gasteiger partial charge in [0.1, 0.15) is 5.76 Å². The van der Waals surface area contributed by atoms with E-state index < -0.39 is 0 Å². The van der Waals surface area contributed by atoms with Crippen molar-refractivity contribution in [1.82, 2.24) is 0 Å². The van der Waals surface area contributed by atoms with Crippen LogP contribution in [0.2, 0.25) is 0 Å². The summed E-state index contributed by atoms with van der Waals surface area (Å²) in [4.78, 5) is 10.8. The SMILES string of the molecule is C=CC(=C)/C(=C\CC(C)C)OC(C)=O. The molecule has 0 rings (SSSR count). The first-order valence-corrected chi connectivity index (χ1v) is 4.67.